The summed E-state index contributed by atoms with van der Waals surface area (Å²) in [6, 6.07) is 80.4. The SMILES string of the molecule is c1ccc(-c2cc(-c3ccccc3)nc(-n3c4ccccc4c4cc(-c5cc(-n6c7ccccc7c7ccccc76)cc(-n6c7ccccc7c7ccccc76)c5)ccc43)n2)cc1. The van der Waals surface area contributed by atoms with Crippen molar-refractivity contribution in [1.82, 2.24) is 23.7 Å². The molecule has 294 valence electrons. The minimum absolute atomic E-state index is 0.635. The number of fused-ring (bicyclic) bond motifs is 9. The lowest BCUT2D eigenvalue weighted by Crippen LogP contribution is -2.04. The smallest absolute Gasteiger partial charge is 0.235 e. The second kappa shape index (κ2) is 14.0. The molecule has 0 amide bonds. The molecule has 0 unspecified atom stereocenters. The van der Waals surface area contributed by atoms with Crippen LogP contribution in [0.15, 0.2) is 224 Å². The fraction of sp³-hybridized carbons (Fsp3) is 0. The van der Waals surface area contributed by atoms with Crippen molar-refractivity contribution in [2.75, 3.05) is 0 Å². The molecule has 0 aliphatic rings. The van der Waals surface area contributed by atoms with Gasteiger partial charge in [-0.3, -0.25) is 4.57 Å². The number of nitrogens with zero attached hydrogens (tertiary/aromatic N) is 5. The molecule has 13 aromatic rings. The Morgan fingerprint density at radius 1 is 0.238 bits per heavy atom. The van der Waals surface area contributed by atoms with Gasteiger partial charge < -0.3 is 9.13 Å². The Kier molecular flexibility index (Phi) is 7.84. The molecule has 63 heavy (non-hydrogen) atoms. The summed E-state index contributed by atoms with van der Waals surface area (Å²) in [5, 5.41) is 7.23. The summed E-state index contributed by atoms with van der Waals surface area (Å²) in [5.41, 5.74) is 15.1. The summed E-state index contributed by atoms with van der Waals surface area (Å²) in [4.78, 5) is 10.6. The average molecular weight is 804 g/mol. The molecule has 0 N–H and O–H groups in total. The van der Waals surface area contributed by atoms with Crippen LogP contribution in [0.2, 0.25) is 0 Å². The van der Waals surface area contributed by atoms with Crippen LogP contribution in [0.25, 0.3) is 116 Å². The molecule has 0 aliphatic carbocycles. The molecule has 13 rings (SSSR count). The van der Waals surface area contributed by atoms with Gasteiger partial charge in [-0.05, 0) is 77.9 Å². The van der Waals surface area contributed by atoms with E-state index in [0.717, 1.165) is 66.8 Å². The Morgan fingerprint density at radius 3 is 1.05 bits per heavy atom. The zero-order valence-corrected chi connectivity index (χ0v) is 34.1. The van der Waals surface area contributed by atoms with Crippen LogP contribution < -0.4 is 0 Å². The zero-order chi connectivity index (χ0) is 41.4. The second-order valence-electron chi connectivity index (χ2n) is 16.2. The summed E-state index contributed by atoms with van der Waals surface area (Å²) < 4.78 is 7.08. The van der Waals surface area contributed by atoms with Crippen LogP contribution >= 0.6 is 0 Å². The van der Waals surface area contributed by atoms with Crippen LogP contribution in [0.5, 0.6) is 0 Å². The standard InChI is InChI=1S/C58H37N5/c1-3-17-38(18-4-1)50-37-51(39-19-5-2-6-20-39)60-58(59-50)63-56-30-16-11-25-48(56)49-35-40(31-32-57(49)63)41-33-42(61-52-26-12-7-21-44(52)45-22-8-13-27-53(45)61)36-43(34-41)62-54-28-14-9-23-46(54)47-24-10-15-29-55(47)62/h1-37H. The molecule has 0 atom stereocenters. The van der Waals surface area contributed by atoms with Crippen LogP contribution in [0.4, 0.5) is 0 Å². The third-order valence-electron chi connectivity index (χ3n) is 12.6. The monoisotopic (exact) mass is 803 g/mol. The molecule has 0 saturated heterocycles. The molecule has 0 spiro atoms. The Labute approximate surface area is 363 Å². The van der Waals surface area contributed by atoms with Gasteiger partial charge in [0.25, 0.3) is 0 Å². The Morgan fingerprint density at radius 2 is 0.603 bits per heavy atom. The fourth-order valence-corrected chi connectivity index (χ4v) is 9.84. The minimum atomic E-state index is 0.635. The summed E-state index contributed by atoms with van der Waals surface area (Å²) in [7, 11) is 0. The van der Waals surface area contributed by atoms with Crippen molar-refractivity contribution in [3.63, 3.8) is 0 Å². The molecule has 0 fully saturated rings. The van der Waals surface area contributed by atoms with Gasteiger partial charge in [0.05, 0.1) is 44.5 Å². The van der Waals surface area contributed by atoms with Crippen LogP contribution in [0.1, 0.15) is 0 Å². The largest absolute Gasteiger partial charge is 0.309 e. The lowest BCUT2D eigenvalue weighted by Gasteiger charge is -2.16. The van der Waals surface area contributed by atoms with E-state index >= 15 is 0 Å². The molecule has 4 heterocycles. The van der Waals surface area contributed by atoms with Gasteiger partial charge in [-0.1, -0.05) is 158 Å². The molecule has 9 aromatic carbocycles. The van der Waals surface area contributed by atoms with Crippen molar-refractivity contribution >= 4 is 65.4 Å². The van der Waals surface area contributed by atoms with Crippen molar-refractivity contribution < 1.29 is 0 Å². The summed E-state index contributed by atoms with van der Waals surface area (Å²) >= 11 is 0. The predicted molar refractivity (Wildman–Crippen MR) is 261 cm³/mol. The maximum Gasteiger partial charge on any atom is 0.235 e. The lowest BCUT2D eigenvalue weighted by atomic mass is 10.0. The third kappa shape index (κ3) is 5.57. The van der Waals surface area contributed by atoms with Gasteiger partial charge in [0.1, 0.15) is 0 Å². The van der Waals surface area contributed by atoms with Gasteiger partial charge in [-0.2, -0.15) is 0 Å². The molecular formula is C58H37N5. The lowest BCUT2D eigenvalue weighted by molar-refractivity contribution is 0.995. The van der Waals surface area contributed by atoms with Crippen LogP contribution in [0, 0.1) is 0 Å². The van der Waals surface area contributed by atoms with Gasteiger partial charge in [0.2, 0.25) is 5.95 Å². The first-order valence-electron chi connectivity index (χ1n) is 21.4. The molecule has 0 radical (unpaired) electrons. The quantitative estimate of drug-likeness (QED) is 0.168. The summed E-state index contributed by atoms with van der Waals surface area (Å²) in [6.07, 6.45) is 0. The molecule has 4 aromatic heterocycles. The van der Waals surface area contributed by atoms with E-state index in [1.165, 1.54) is 43.6 Å². The molecule has 0 bridgehead atoms. The van der Waals surface area contributed by atoms with Crippen LogP contribution in [0.3, 0.4) is 0 Å². The molecule has 5 nitrogen and oxygen atoms in total. The van der Waals surface area contributed by atoms with E-state index in [9.17, 15) is 0 Å². The first-order chi connectivity index (χ1) is 31.2. The highest BCUT2D eigenvalue weighted by atomic mass is 15.2. The number of rotatable bonds is 6. The summed E-state index contributed by atoms with van der Waals surface area (Å²) in [6.45, 7) is 0. The van der Waals surface area contributed by atoms with Crippen molar-refractivity contribution in [1.29, 1.82) is 0 Å². The van der Waals surface area contributed by atoms with Crippen molar-refractivity contribution in [2.24, 2.45) is 0 Å². The van der Waals surface area contributed by atoms with Crippen molar-refractivity contribution in [3.8, 4) is 51.0 Å². The van der Waals surface area contributed by atoms with E-state index in [-0.39, 0.29) is 0 Å². The van der Waals surface area contributed by atoms with Crippen LogP contribution in [-0.4, -0.2) is 23.7 Å². The Bertz CT molecular complexity index is 3610. The van der Waals surface area contributed by atoms with E-state index in [1.54, 1.807) is 0 Å². The highest BCUT2D eigenvalue weighted by molar-refractivity contribution is 6.12. The number of aromatic nitrogens is 5. The number of hydrogen-bond acceptors (Lipinski definition) is 2. The van der Waals surface area contributed by atoms with Gasteiger partial charge in [-0.25, -0.2) is 9.97 Å². The van der Waals surface area contributed by atoms with E-state index in [1.807, 2.05) is 12.1 Å². The van der Waals surface area contributed by atoms with Crippen LogP contribution in [-0.2, 0) is 0 Å². The van der Waals surface area contributed by atoms with E-state index < -0.39 is 0 Å². The number of hydrogen-bond donors (Lipinski definition) is 0. The number of para-hydroxylation sites is 5. The average Bonchev–Trinajstić information content (AvgIpc) is 4.00. The van der Waals surface area contributed by atoms with Crippen molar-refractivity contribution in [3.05, 3.63) is 224 Å². The maximum absolute atomic E-state index is 5.28. The molecule has 0 aliphatic heterocycles. The number of benzene rings is 9. The summed E-state index contributed by atoms with van der Waals surface area (Å²) in [5.74, 6) is 0.635. The first-order valence-corrected chi connectivity index (χ1v) is 21.4. The van der Waals surface area contributed by atoms with Gasteiger partial charge in [-0.15, -0.1) is 0 Å². The maximum atomic E-state index is 5.28. The normalized spacial score (nSPS) is 11.8. The highest BCUT2D eigenvalue weighted by Crippen LogP contribution is 2.40. The topological polar surface area (TPSA) is 40.6 Å². The highest BCUT2D eigenvalue weighted by Gasteiger charge is 2.20. The predicted octanol–water partition coefficient (Wildman–Crippen LogP) is 14.8. The second-order valence-corrected chi connectivity index (χ2v) is 16.2. The van der Waals surface area contributed by atoms with Gasteiger partial charge in [0, 0.05) is 54.8 Å². The molecule has 0 saturated carbocycles. The van der Waals surface area contributed by atoms with E-state index in [4.69, 9.17) is 9.97 Å². The fourth-order valence-electron chi connectivity index (χ4n) is 9.84. The van der Waals surface area contributed by atoms with Gasteiger partial charge >= 0.3 is 0 Å². The molecule has 5 heteroatoms. The van der Waals surface area contributed by atoms with E-state index in [2.05, 4.69) is 226 Å². The van der Waals surface area contributed by atoms with E-state index in [0.29, 0.717) is 5.95 Å². The Balaban J connectivity index is 1.07. The Hall–Kier alpha value is -8.54. The molecular weight excluding hydrogens is 767 g/mol. The zero-order valence-electron chi connectivity index (χ0n) is 34.1. The van der Waals surface area contributed by atoms with Crippen molar-refractivity contribution in [2.45, 2.75) is 0 Å². The van der Waals surface area contributed by atoms with Gasteiger partial charge in [0.15, 0.2) is 0 Å². The third-order valence-corrected chi connectivity index (χ3v) is 12.6. The minimum Gasteiger partial charge on any atom is -0.309 e. The first kappa shape index (κ1) is 35.2.